The molecule has 0 unspecified atom stereocenters. The van der Waals surface area contributed by atoms with Crippen LogP contribution in [0.15, 0.2) is 36.4 Å². The van der Waals surface area contributed by atoms with Crippen molar-refractivity contribution in [2.24, 2.45) is 0 Å². The summed E-state index contributed by atoms with van der Waals surface area (Å²) in [5.41, 5.74) is 0.0705. The number of carbonyl (C=O) groups excluding carboxylic acids is 2. The van der Waals surface area contributed by atoms with E-state index in [1.807, 2.05) is 0 Å². The summed E-state index contributed by atoms with van der Waals surface area (Å²) in [5, 5.41) is 16.1. The summed E-state index contributed by atoms with van der Waals surface area (Å²) in [6, 6.07) is 5.94. The van der Waals surface area contributed by atoms with E-state index in [1.54, 1.807) is 0 Å². The Morgan fingerprint density at radius 1 is 1.04 bits per heavy atom. The lowest BCUT2D eigenvalue weighted by molar-refractivity contribution is 0.0952. The predicted octanol–water partition coefficient (Wildman–Crippen LogP) is 3.37. The van der Waals surface area contributed by atoms with E-state index in [9.17, 15) is 18.4 Å². The third kappa shape index (κ3) is 5.68. The summed E-state index contributed by atoms with van der Waals surface area (Å²) in [7, 11) is 0. The highest BCUT2D eigenvalue weighted by atomic mass is 35.5. The van der Waals surface area contributed by atoms with Gasteiger partial charge in [-0.2, -0.15) is 0 Å². The molecule has 6 nitrogen and oxygen atoms in total. The van der Waals surface area contributed by atoms with E-state index in [0.29, 0.717) is 6.42 Å². The molecule has 0 saturated heterocycles. The van der Waals surface area contributed by atoms with Gasteiger partial charge in [0.2, 0.25) is 0 Å². The van der Waals surface area contributed by atoms with E-state index < -0.39 is 23.6 Å². The van der Waals surface area contributed by atoms with Crippen molar-refractivity contribution < 1.29 is 23.5 Å². The lowest BCUT2D eigenvalue weighted by atomic mass is 10.1. The van der Waals surface area contributed by atoms with Gasteiger partial charge in [0, 0.05) is 23.9 Å². The number of amides is 3. The van der Waals surface area contributed by atoms with Crippen molar-refractivity contribution in [1.29, 1.82) is 0 Å². The van der Waals surface area contributed by atoms with Crippen LogP contribution in [0.2, 0.25) is 5.02 Å². The Morgan fingerprint density at radius 3 is 2.50 bits per heavy atom. The smallest absolute Gasteiger partial charge is 0.323 e. The lowest BCUT2D eigenvalue weighted by Crippen LogP contribution is -2.27. The number of rotatable bonds is 6. The molecule has 2 aromatic rings. The number of urea groups is 1. The number of aliphatic hydroxyl groups excluding tert-OH is 1. The van der Waals surface area contributed by atoms with Gasteiger partial charge in [-0.05, 0) is 42.8 Å². The molecule has 0 aromatic heterocycles. The Balaban J connectivity index is 2.13. The molecule has 2 rings (SSSR count). The van der Waals surface area contributed by atoms with Crippen molar-refractivity contribution in [3.8, 4) is 0 Å². The standard InChI is InChI=1S/C17H16ClF2N3O3/c18-10-6-12(20)8-13(7-10)22-17(26)23-15-9-11(19)2-3-14(15)16(25)21-4-1-5-24/h2-3,6-9,24H,1,4-5H2,(H,21,25)(H2,22,23,26). The van der Waals surface area contributed by atoms with E-state index in [1.165, 1.54) is 12.1 Å². The normalized spacial score (nSPS) is 10.3. The molecule has 138 valence electrons. The maximum Gasteiger partial charge on any atom is 0.323 e. The second kappa shape index (κ2) is 9.12. The van der Waals surface area contributed by atoms with Gasteiger partial charge < -0.3 is 21.1 Å². The fourth-order valence-corrected chi connectivity index (χ4v) is 2.33. The Bertz CT molecular complexity index is 798. The number of halogens is 3. The summed E-state index contributed by atoms with van der Waals surface area (Å²) in [6.07, 6.45) is 0.358. The highest BCUT2D eigenvalue weighted by molar-refractivity contribution is 6.31. The average molecular weight is 384 g/mol. The molecule has 3 amide bonds. The van der Waals surface area contributed by atoms with E-state index in [0.717, 1.165) is 24.3 Å². The highest BCUT2D eigenvalue weighted by Gasteiger charge is 2.15. The monoisotopic (exact) mass is 383 g/mol. The van der Waals surface area contributed by atoms with Crippen LogP contribution in [0.5, 0.6) is 0 Å². The van der Waals surface area contributed by atoms with Gasteiger partial charge in [0.1, 0.15) is 11.6 Å². The largest absolute Gasteiger partial charge is 0.396 e. The molecule has 0 radical (unpaired) electrons. The van der Waals surface area contributed by atoms with Crippen LogP contribution in [0, 0.1) is 11.6 Å². The molecule has 0 saturated carbocycles. The molecule has 0 atom stereocenters. The molecule has 2 aromatic carbocycles. The quantitative estimate of drug-likeness (QED) is 0.576. The van der Waals surface area contributed by atoms with E-state index in [4.69, 9.17) is 16.7 Å². The van der Waals surface area contributed by atoms with Crippen LogP contribution in [0.25, 0.3) is 0 Å². The molecule has 4 N–H and O–H groups in total. The first kappa shape index (κ1) is 19.6. The van der Waals surface area contributed by atoms with Gasteiger partial charge in [-0.15, -0.1) is 0 Å². The Labute approximate surface area is 153 Å². The summed E-state index contributed by atoms with van der Waals surface area (Å²) < 4.78 is 26.8. The van der Waals surface area contributed by atoms with Gasteiger partial charge >= 0.3 is 6.03 Å². The van der Waals surface area contributed by atoms with Crippen molar-refractivity contribution >= 4 is 34.9 Å². The zero-order valence-electron chi connectivity index (χ0n) is 13.5. The first-order valence-electron chi connectivity index (χ1n) is 7.62. The third-order valence-corrected chi connectivity index (χ3v) is 3.43. The molecule has 0 fully saturated rings. The number of carbonyl (C=O) groups is 2. The van der Waals surface area contributed by atoms with Crippen LogP contribution in [-0.2, 0) is 0 Å². The Kier molecular flexibility index (Phi) is 6.88. The number of aliphatic hydroxyl groups is 1. The van der Waals surface area contributed by atoms with Gasteiger partial charge in [0.15, 0.2) is 0 Å². The summed E-state index contributed by atoms with van der Waals surface area (Å²) >= 11 is 5.71. The van der Waals surface area contributed by atoms with Gasteiger partial charge in [-0.25, -0.2) is 13.6 Å². The number of hydrogen-bond donors (Lipinski definition) is 4. The van der Waals surface area contributed by atoms with Gasteiger partial charge in [0.25, 0.3) is 5.91 Å². The molecule has 9 heteroatoms. The van der Waals surface area contributed by atoms with Crippen LogP contribution in [-0.4, -0.2) is 30.2 Å². The Morgan fingerprint density at radius 2 is 1.81 bits per heavy atom. The molecular weight excluding hydrogens is 368 g/mol. The first-order valence-corrected chi connectivity index (χ1v) is 7.99. The van der Waals surface area contributed by atoms with E-state index >= 15 is 0 Å². The molecule has 0 aliphatic carbocycles. The van der Waals surface area contributed by atoms with Crippen LogP contribution in [0.3, 0.4) is 0 Å². The predicted molar refractivity (Wildman–Crippen MR) is 94.5 cm³/mol. The average Bonchev–Trinajstić information content (AvgIpc) is 2.53. The van der Waals surface area contributed by atoms with E-state index in [2.05, 4.69) is 16.0 Å². The maximum atomic E-state index is 13.5. The number of hydrogen-bond acceptors (Lipinski definition) is 3. The molecule has 0 bridgehead atoms. The van der Waals surface area contributed by atoms with E-state index in [-0.39, 0.29) is 35.1 Å². The molecular formula is C17H16ClF2N3O3. The van der Waals surface area contributed by atoms with Crippen LogP contribution >= 0.6 is 11.6 Å². The van der Waals surface area contributed by atoms with Crippen LogP contribution in [0.1, 0.15) is 16.8 Å². The fraction of sp³-hybridized carbons (Fsp3) is 0.176. The van der Waals surface area contributed by atoms with Crippen LogP contribution in [0.4, 0.5) is 25.0 Å². The number of anilines is 2. The second-order valence-electron chi connectivity index (χ2n) is 5.26. The molecule has 0 heterocycles. The van der Waals surface area contributed by atoms with Gasteiger partial charge in [0.05, 0.1) is 11.3 Å². The maximum absolute atomic E-state index is 13.5. The molecule has 0 spiro atoms. The molecule has 0 aliphatic heterocycles. The van der Waals surface area contributed by atoms with Crippen molar-refractivity contribution in [2.45, 2.75) is 6.42 Å². The van der Waals surface area contributed by atoms with Gasteiger partial charge in [-0.1, -0.05) is 11.6 Å². The van der Waals surface area contributed by atoms with Crippen molar-refractivity contribution in [2.75, 3.05) is 23.8 Å². The first-order chi connectivity index (χ1) is 12.4. The second-order valence-corrected chi connectivity index (χ2v) is 5.70. The minimum atomic E-state index is -0.804. The number of benzene rings is 2. The minimum Gasteiger partial charge on any atom is -0.396 e. The highest BCUT2D eigenvalue weighted by Crippen LogP contribution is 2.20. The summed E-state index contributed by atoms with van der Waals surface area (Å²) in [4.78, 5) is 24.2. The molecule has 26 heavy (non-hydrogen) atoms. The topological polar surface area (TPSA) is 90.5 Å². The zero-order chi connectivity index (χ0) is 19.1. The van der Waals surface area contributed by atoms with Crippen LogP contribution < -0.4 is 16.0 Å². The third-order valence-electron chi connectivity index (χ3n) is 3.22. The lowest BCUT2D eigenvalue weighted by Gasteiger charge is -2.12. The summed E-state index contributed by atoms with van der Waals surface area (Å²) in [5.74, 6) is -1.83. The number of nitrogens with one attached hydrogen (secondary N) is 3. The van der Waals surface area contributed by atoms with Gasteiger partial charge in [-0.3, -0.25) is 4.79 Å². The molecule has 0 aliphatic rings. The minimum absolute atomic E-state index is 0.0387. The SMILES string of the molecule is O=C(Nc1cc(F)cc(Cl)c1)Nc1cc(F)ccc1C(=O)NCCCO. The van der Waals surface area contributed by atoms with Crippen molar-refractivity contribution in [1.82, 2.24) is 5.32 Å². The fourth-order valence-electron chi connectivity index (χ4n) is 2.10. The zero-order valence-corrected chi connectivity index (χ0v) is 14.2. The van der Waals surface area contributed by atoms with Crippen molar-refractivity contribution in [3.05, 3.63) is 58.6 Å². The van der Waals surface area contributed by atoms with Crippen molar-refractivity contribution in [3.63, 3.8) is 0 Å². The Hall–Kier alpha value is -2.71. The summed E-state index contributed by atoms with van der Waals surface area (Å²) in [6.45, 7) is 0.132.